The molecule has 0 saturated carbocycles. The van der Waals surface area contributed by atoms with E-state index in [0.717, 1.165) is 0 Å². The number of nitrogens with one attached hydrogen (secondary N) is 1. The minimum absolute atomic E-state index is 0.0823. The first-order valence-corrected chi connectivity index (χ1v) is 9.87. The number of halogens is 2. The van der Waals surface area contributed by atoms with E-state index in [2.05, 4.69) is 25.8 Å². The average molecular weight is 431 g/mol. The molecule has 126 valence electrons. The van der Waals surface area contributed by atoms with Crippen LogP contribution in [0.15, 0.2) is 44.2 Å². The number of nitrogens with zero attached hydrogens (tertiary/aromatic N) is 1. The van der Waals surface area contributed by atoms with Gasteiger partial charge in [-0.05, 0) is 38.1 Å². The third kappa shape index (κ3) is 3.38. The van der Waals surface area contributed by atoms with Gasteiger partial charge in [-0.1, -0.05) is 21.1 Å². The Balaban J connectivity index is 1.96. The van der Waals surface area contributed by atoms with Crippen LogP contribution in [0, 0.1) is 19.7 Å². The van der Waals surface area contributed by atoms with E-state index >= 15 is 0 Å². The molecule has 0 aliphatic heterocycles. The van der Waals surface area contributed by atoms with Crippen molar-refractivity contribution < 1.29 is 17.3 Å². The molecule has 0 saturated heterocycles. The maximum Gasteiger partial charge on any atom is 0.263 e. The zero-order valence-corrected chi connectivity index (χ0v) is 15.9. The number of aromatic nitrogens is 1. The Labute approximate surface area is 150 Å². The first-order valence-electron chi connectivity index (χ1n) is 6.78. The van der Waals surface area contributed by atoms with Crippen molar-refractivity contribution in [3.8, 4) is 10.6 Å². The second kappa shape index (κ2) is 6.30. The van der Waals surface area contributed by atoms with Crippen molar-refractivity contribution in [2.24, 2.45) is 0 Å². The standard InChI is InChI=1S/C15H12BrFN2O3S2/c1-8-5-13(22-18-8)14-7-15(9(2)23-14)24(20,21)19-12-4-3-10(16)6-11(12)17/h3-7,19H,1-2H3. The molecule has 2 heterocycles. The van der Waals surface area contributed by atoms with Crippen LogP contribution in [0.5, 0.6) is 0 Å². The number of benzene rings is 1. The van der Waals surface area contributed by atoms with Crippen LogP contribution in [-0.2, 0) is 10.0 Å². The van der Waals surface area contributed by atoms with Crippen LogP contribution in [0.2, 0.25) is 0 Å². The lowest BCUT2D eigenvalue weighted by Gasteiger charge is -2.08. The van der Waals surface area contributed by atoms with E-state index in [9.17, 15) is 12.8 Å². The number of hydrogen-bond acceptors (Lipinski definition) is 5. The molecule has 5 nitrogen and oxygen atoms in total. The summed E-state index contributed by atoms with van der Waals surface area (Å²) in [6, 6.07) is 7.34. The van der Waals surface area contributed by atoms with Crippen LogP contribution in [0.25, 0.3) is 10.6 Å². The van der Waals surface area contributed by atoms with E-state index in [1.165, 1.54) is 29.5 Å². The number of rotatable bonds is 4. The third-order valence-electron chi connectivity index (χ3n) is 3.21. The fourth-order valence-corrected chi connectivity index (χ4v) is 5.05. The summed E-state index contributed by atoms with van der Waals surface area (Å²) in [5.41, 5.74) is 0.594. The average Bonchev–Trinajstić information content (AvgIpc) is 3.08. The molecule has 0 amide bonds. The molecule has 0 aliphatic carbocycles. The molecular formula is C15H12BrFN2O3S2. The fraction of sp³-hybridized carbons (Fsp3) is 0.133. The van der Waals surface area contributed by atoms with Gasteiger partial charge in [0.2, 0.25) is 0 Å². The van der Waals surface area contributed by atoms with Gasteiger partial charge in [0.05, 0.1) is 16.3 Å². The summed E-state index contributed by atoms with van der Waals surface area (Å²) in [6.45, 7) is 3.47. The van der Waals surface area contributed by atoms with Gasteiger partial charge in [-0.2, -0.15) is 0 Å². The minimum atomic E-state index is -3.92. The van der Waals surface area contributed by atoms with E-state index in [-0.39, 0.29) is 10.6 Å². The molecule has 0 aliphatic rings. The summed E-state index contributed by atoms with van der Waals surface area (Å²) in [7, 11) is -3.92. The summed E-state index contributed by atoms with van der Waals surface area (Å²) in [5.74, 6) is -0.163. The van der Waals surface area contributed by atoms with Gasteiger partial charge in [-0.25, -0.2) is 12.8 Å². The summed E-state index contributed by atoms with van der Waals surface area (Å²) in [4.78, 5) is 1.30. The van der Waals surface area contributed by atoms with Gasteiger partial charge in [-0.3, -0.25) is 4.72 Å². The topological polar surface area (TPSA) is 72.2 Å². The van der Waals surface area contributed by atoms with Crippen molar-refractivity contribution in [1.82, 2.24) is 5.16 Å². The number of aryl methyl sites for hydroxylation is 2. The number of thiophene rings is 1. The highest BCUT2D eigenvalue weighted by Crippen LogP contribution is 2.35. The van der Waals surface area contributed by atoms with E-state index in [1.54, 1.807) is 26.0 Å². The van der Waals surface area contributed by atoms with Gasteiger partial charge in [0.25, 0.3) is 10.0 Å². The monoisotopic (exact) mass is 430 g/mol. The third-order valence-corrected chi connectivity index (χ3v) is 6.39. The van der Waals surface area contributed by atoms with Gasteiger partial charge in [-0.15, -0.1) is 11.3 Å². The zero-order valence-electron chi connectivity index (χ0n) is 12.6. The van der Waals surface area contributed by atoms with E-state index in [1.807, 2.05) is 0 Å². The van der Waals surface area contributed by atoms with E-state index in [4.69, 9.17) is 4.52 Å². The molecule has 2 aromatic heterocycles. The summed E-state index contributed by atoms with van der Waals surface area (Å²) >= 11 is 4.40. The molecule has 0 unspecified atom stereocenters. The molecule has 3 rings (SSSR count). The second-order valence-electron chi connectivity index (χ2n) is 5.09. The Kier molecular flexibility index (Phi) is 4.50. The summed E-state index contributed by atoms with van der Waals surface area (Å²) < 4.78 is 47.0. The Bertz CT molecular complexity index is 1010. The lowest BCUT2D eigenvalue weighted by atomic mass is 10.3. The molecule has 0 spiro atoms. The van der Waals surface area contributed by atoms with Crippen molar-refractivity contribution in [2.45, 2.75) is 18.7 Å². The normalized spacial score (nSPS) is 11.7. The summed E-state index contributed by atoms with van der Waals surface area (Å²) in [5, 5.41) is 3.79. The highest BCUT2D eigenvalue weighted by molar-refractivity contribution is 9.10. The maximum atomic E-state index is 13.9. The Morgan fingerprint density at radius 3 is 2.62 bits per heavy atom. The molecule has 1 N–H and O–H groups in total. The molecule has 0 fully saturated rings. The van der Waals surface area contributed by atoms with Crippen LogP contribution >= 0.6 is 27.3 Å². The number of anilines is 1. The highest BCUT2D eigenvalue weighted by Gasteiger charge is 2.23. The van der Waals surface area contributed by atoms with Gasteiger partial charge in [0.15, 0.2) is 5.76 Å². The van der Waals surface area contributed by atoms with Crippen LogP contribution in [0.4, 0.5) is 10.1 Å². The van der Waals surface area contributed by atoms with Crippen molar-refractivity contribution in [3.63, 3.8) is 0 Å². The smallest absolute Gasteiger partial charge is 0.263 e. The molecule has 1 aromatic carbocycles. The lowest BCUT2D eigenvalue weighted by Crippen LogP contribution is -2.14. The van der Waals surface area contributed by atoms with Crippen molar-refractivity contribution in [2.75, 3.05) is 4.72 Å². The first kappa shape index (κ1) is 17.1. The van der Waals surface area contributed by atoms with Crippen LogP contribution in [0.1, 0.15) is 10.6 Å². The molecule has 9 heteroatoms. The highest BCUT2D eigenvalue weighted by atomic mass is 79.9. The van der Waals surface area contributed by atoms with Crippen molar-refractivity contribution in [1.29, 1.82) is 0 Å². The SMILES string of the molecule is Cc1cc(-c2cc(S(=O)(=O)Nc3ccc(Br)cc3F)c(C)s2)on1. The number of hydrogen-bond donors (Lipinski definition) is 1. The van der Waals surface area contributed by atoms with Crippen LogP contribution in [-0.4, -0.2) is 13.6 Å². The van der Waals surface area contributed by atoms with E-state index < -0.39 is 15.8 Å². The lowest BCUT2D eigenvalue weighted by molar-refractivity contribution is 0.428. The molecular weight excluding hydrogens is 419 g/mol. The maximum absolute atomic E-state index is 13.9. The summed E-state index contributed by atoms with van der Waals surface area (Å²) in [6.07, 6.45) is 0. The Morgan fingerprint density at radius 2 is 2.00 bits per heavy atom. The predicted molar refractivity (Wildman–Crippen MR) is 94.2 cm³/mol. The molecule has 0 radical (unpaired) electrons. The first-order chi connectivity index (χ1) is 11.3. The van der Waals surface area contributed by atoms with Gasteiger partial charge in [0, 0.05) is 15.4 Å². The van der Waals surface area contributed by atoms with Crippen LogP contribution in [0.3, 0.4) is 0 Å². The van der Waals surface area contributed by atoms with Gasteiger partial charge < -0.3 is 4.52 Å². The predicted octanol–water partition coefficient (Wildman–Crippen LogP) is 4.72. The van der Waals surface area contributed by atoms with Crippen molar-refractivity contribution >= 4 is 43.0 Å². The Morgan fingerprint density at radius 1 is 1.25 bits per heavy atom. The van der Waals surface area contributed by atoms with Crippen LogP contribution < -0.4 is 4.72 Å². The number of sulfonamides is 1. The quantitative estimate of drug-likeness (QED) is 0.649. The Hall–Kier alpha value is -1.71. The second-order valence-corrected chi connectivity index (χ2v) is 8.92. The zero-order chi connectivity index (χ0) is 17.5. The molecule has 24 heavy (non-hydrogen) atoms. The molecule has 0 atom stereocenters. The van der Waals surface area contributed by atoms with E-state index in [0.29, 0.717) is 25.7 Å². The largest absolute Gasteiger partial charge is 0.355 e. The minimum Gasteiger partial charge on any atom is -0.355 e. The van der Waals surface area contributed by atoms with Gasteiger partial charge in [0.1, 0.15) is 10.7 Å². The molecule has 3 aromatic rings. The van der Waals surface area contributed by atoms with Crippen molar-refractivity contribution in [3.05, 3.63) is 51.2 Å². The van der Waals surface area contributed by atoms with Gasteiger partial charge >= 0.3 is 0 Å². The molecule has 0 bridgehead atoms. The fourth-order valence-electron chi connectivity index (χ4n) is 2.11.